The number of rotatable bonds is 2. The molecule has 0 radical (unpaired) electrons. The van der Waals surface area contributed by atoms with E-state index in [2.05, 4.69) is 25.8 Å². The zero-order valence-electron chi connectivity index (χ0n) is 7.74. The van der Waals surface area contributed by atoms with E-state index in [-0.39, 0.29) is 12.0 Å². The second-order valence-corrected chi connectivity index (χ2v) is 3.65. The molecule has 1 aromatic rings. The van der Waals surface area contributed by atoms with Gasteiger partial charge in [-0.15, -0.1) is 0 Å². The van der Waals surface area contributed by atoms with Gasteiger partial charge in [-0.05, 0) is 29.8 Å². The minimum atomic E-state index is -0.376. The van der Waals surface area contributed by atoms with Gasteiger partial charge in [0.2, 0.25) is 0 Å². The molecule has 0 aliphatic carbocycles. The van der Waals surface area contributed by atoms with E-state index < -0.39 is 0 Å². The van der Waals surface area contributed by atoms with Gasteiger partial charge in [-0.25, -0.2) is 4.79 Å². The Morgan fingerprint density at radius 2 is 2.31 bits per heavy atom. The molecule has 5 heteroatoms. The van der Waals surface area contributed by atoms with E-state index in [0.717, 1.165) is 0 Å². The lowest BCUT2D eigenvalue weighted by atomic mass is 10.3. The molecule has 0 atom stereocenters. The maximum atomic E-state index is 11.2. The van der Waals surface area contributed by atoms with Crippen LogP contribution in [0.5, 0.6) is 0 Å². The van der Waals surface area contributed by atoms with Gasteiger partial charge < -0.3 is 4.74 Å². The second kappa shape index (κ2) is 3.91. The minimum Gasteiger partial charge on any atom is -0.465 e. The number of hydrogen-bond acceptors (Lipinski definition) is 3. The summed E-state index contributed by atoms with van der Waals surface area (Å²) in [5.74, 6) is -0.376. The molecular formula is C8H11BrN2O2. The average Bonchev–Trinajstić information content (AvgIpc) is 2.46. The number of carbonyl (C=O) groups is 1. The summed E-state index contributed by atoms with van der Waals surface area (Å²) in [5, 5.41) is 4.11. The van der Waals surface area contributed by atoms with E-state index in [4.69, 9.17) is 0 Å². The van der Waals surface area contributed by atoms with Crippen LogP contribution in [0.2, 0.25) is 0 Å². The second-order valence-electron chi connectivity index (χ2n) is 2.90. The Hall–Kier alpha value is -0.840. The van der Waals surface area contributed by atoms with Crippen LogP contribution in [0.1, 0.15) is 30.2 Å². The van der Waals surface area contributed by atoms with Crippen LogP contribution < -0.4 is 0 Å². The first-order chi connectivity index (χ1) is 6.06. The molecular weight excluding hydrogens is 236 g/mol. The van der Waals surface area contributed by atoms with Gasteiger partial charge in [-0.1, -0.05) is 0 Å². The van der Waals surface area contributed by atoms with Crippen molar-refractivity contribution in [2.45, 2.75) is 19.9 Å². The molecule has 0 bridgehead atoms. The summed E-state index contributed by atoms with van der Waals surface area (Å²) in [7, 11) is 1.35. The Kier molecular flexibility index (Phi) is 3.08. The van der Waals surface area contributed by atoms with Crippen molar-refractivity contribution >= 4 is 21.9 Å². The summed E-state index contributed by atoms with van der Waals surface area (Å²) < 4.78 is 6.81. The van der Waals surface area contributed by atoms with Crippen LogP contribution in [0, 0.1) is 0 Å². The molecule has 0 aliphatic heterocycles. The molecule has 1 heterocycles. The first-order valence-electron chi connectivity index (χ1n) is 3.89. The van der Waals surface area contributed by atoms with Gasteiger partial charge in [0.25, 0.3) is 0 Å². The number of halogens is 1. The fourth-order valence-corrected chi connectivity index (χ4v) is 1.33. The van der Waals surface area contributed by atoms with E-state index in [1.54, 1.807) is 10.9 Å². The Labute approximate surface area is 85.0 Å². The molecule has 1 rings (SSSR count). The largest absolute Gasteiger partial charge is 0.465 e. The molecule has 1 aromatic heterocycles. The smallest absolute Gasteiger partial charge is 0.342 e. The first-order valence-corrected chi connectivity index (χ1v) is 4.68. The SMILES string of the molecule is COC(=O)c1cn(C(C)C)nc1Br. The van der Waals surface area contributed by atoms with E-state index in [1.807, 2.05) is 13.8 Å². The van der Waals surface area contributed by atoms with Crippen LogP contribution >= 0.6 is 15.9 Å². The molecule has 0 spiro atoms. The average molecular weight is 247 g/mol. The lowest BCUT2D eigenvalue weighted by Crippen LogP contribution is -2.02. The molecule has 0 aliphatic rings. The fraction of sp³-hybridized carbons (Fsp3) is 0.500. The van der Waals surface area contributed by atoms with E-state index in [0.29, 0.717) is 10.2 Å². The highest BCUT2D eigenvalue weighted by Crippen LogP contribution is 2.17. The van der Waals surface area contributed by atoms with Crippen LogP contribution in [0.4, 0.5) is 0 Å². The molecule has 0 unspecified atom stereocenters. The zero-order chi connectivity index (χ0) is 10.0. The van der Waals surface area contributed by atoms with Crippen LogP contribution in [-0.2, 0) is 4.74 Å². The topological polar surface area (TPSA) is 44.1 Å². The summed E-state index contributed by atoms with van der Waals surface area (Å²) in [5.41, 5.74) is 0.455. The van der Waals surface area contributed by atoms with Crippen molar-refractivity contribution in [2.75, 3.05) is 7.11 Å². The number of methoxy groups -OCH3 is 1. The summed E-state index contributed by atoms with van der Waals surface area (Å²) in [4.78, 5) is 11.2. The number of carbonyl (C=O) groups excluding carboxylic acids is 1. The number of esters is 1. The van der Waals surface area contributed by atoms with Gasteiger partial charge in [0, 0.05) is 12.2 Å². The normalized spacial score (nSPS) is 10.5. The predicted molar refractivity (Wildman–Crippen MR) is 51.7 cm³/mol. The lowest BCUT2D eigenvalue weighted by molar-refractivity contribution is 0.0599. The summed E-state index contributed by atoms with van der Waals surface area (Å²) in [6, 6.07) is 0.231. The Balaban J connectivity index is 3.03. The van der Waals surface area contributed by atoms with Gasteiger partial charge in [-0.3, -0.25) is 4.68 Å². The molecule has 72 valence electrons. The monoisotopic (exact) mass is 246 g/mol. The molecule has 0 amide bonds. The van der Waals surface area contributed by atoms with Crippen molar-refractivity contribution in [1.82, 2.24) is 9.78 Å². The van der Waals surface area contributed by atoms with Crippen molar-refractivity contribution < 1.29 is 9.53 Å². The third-order valence-electron chi connectivity index (χ3n) is 1.62. The molecule has 0 saturated carbocycles. The molecule has 0 saturated heterocycles. The minimum absolute atomic E-state index is 0.231. The summed E-state index contributed by atoms with van der Waals surface area (Å²) >= 11 is 3.19. The molecule has 0 N–H and O–H groups in total. The van der Waals surface area contributed by atoms with Crippen LogP contribution in [0.3, 0.4) is 0 Å². The number of hydrogen-bond donors (Lipinski definition) is 0. The van der Waals surface area contributed by atoms with E-state index >= 15 is 0 Å². The Morgan fingerprint density at radius 1 is 1.69 bits per heavy atom. The van der Waals surface area contributed by atoms with Gasteiger partial charge in [-0.2, -0.15) is 5.10 Å². The number of ether oxygens (including phenoxy) is 1. The van der Waals surface area contributed by atoms with Crippen molar-refractivity contribution in [3.8, 4) is 0 Å². The Bertz CT molecular complexity index is 320. The third kappa shape index (κ3) is 2.09. The molecule has 13 heavy (non-hydrogen) atoms. The molecule has 0 fully saturated rings. The maximum absolute atomic E-state index is 11.2. The van der Waals surface area contributed by atoms with E-state index in [9.17, 15) is 4.79 Å². The van der Waals surface area contributed by atoms with Crippen LogP contribution in [-0.4, -0.2) is 22.9 Å². The Morgan fingerprint density at radius 3 is 2.69 bits per heavy atom. The van der Waals surface area contributed by atoms with Crippen molar-refractivity contribution in [2.24, 2.45) is 0 Å². The quantitative estimate of drug-likeness (QED) is 0.751. The fourth-order valence-electron chi connectivity index (χ4n) is 0.881. The highest BCUT2D eigenvalue weighted by atomic mass is 79.9. The summed E-state index contributed by atoms with van der Waals surface area (Å²) in [6.07, 6.45) is 1.67. The van der Waals surface area contributed by atoms with Crippen LogP contribution in [0.25, 0.3) is 0 Å². The number of aromatic nitrogens is 2. The number of nitrogens with zero attached hydrogens (tertiary/aromatic N) is 2. The molecule has 0 aromatic carbocycles. The standard InChI is InChI=1S/C8H11BrN2O2/c1-5(2)11-4-6(7(9)10-11)8(12)13-3/h4-5H,1-3H3. The highest BCUT2D eigenvalue weighted by Gasteiger charge is 2.15. The van der Waals surface area contributed by atoms with Crippen molar-refractivity contribution in [3.63, 3.8) is 0 Å². The van der Waals surface area contributed by atoms with E-state index in [1.165, 1.54) is 7.11 Å². The van der Waals surface area contributed by atoms with Gasteiger partial charge >= 0.3 is 5.97 Å². The maximum Gasteiger partial charge on any atom is 0.342 e. The highest BCUT2D eigenvalue weighted by molar-refractivity contribution is 9.10. The van der Waals surface area contributed by atoms with Crippen molar-refractivity contribution in [1.29, 1.82) is 0 Å². The van der Waals surface area contributed by atoms with Crippen LogP contribution in [0.15, 0.2) is 10.8 Å². The third-order valence-corrected chi connectivity index (χ3v) is 2.21. The lowest BCUT2D eigenvalue weighted by Gasteiger charge is -2.02. The van der Waals surface area contributed by atoms with Gasteiger partial charge in [0.05, 0.1) is 7.11 Å². The first kappa shape index (κ1) is 10.2. The van der Waals surface area contributed by atoms with Crippen molar-refractivity contribution in [3.05, 3.63) is 16.4 Å². The van der Waals surface area contributed by atoms with Gasteiger partial charge in [0.15, 0.2) is 0 Å². The molecule has 4 nitrogen and oxygen atoms in total. The predicted octanol–water partition coefficient (Wildman–Crippen LogP) is 2.01. The van der Waals surface area contributed by atoms with Gasteiger partial charge in [0.1, 0.15) is 10.2 Å². The zero-order valence-corrected chi connectivity index (χ0v) is 9.33. The summed E-state index contributed by atoms with van der Waals surface area (Å²) in [6.45, 7) is 3.97.